The Morgan fingerprint density at radius 2 is 2.29 bits per heavy atom. The number of carbonyl (C=O) groups excluding carboxylic acids is 2. The van der Waals surface area contributed by atoms with Crippen molar-refractivity contribution >= 4 is 17.5 Å². The maximum absolute atomic E-state index is 12.4. The Hall–Kier alpha value is -2.08. The minimum absolute atomic E-state index is 0.0452. The highest BCUT2D eigenvalue weighted by atomic mass is 16.5. The number of methoxy groups -OCH3 is 1. The van der Waals surface area contributed by atoms with Crippen molar-refractivity contribution < 1.29 is 19.1 Å². The molecule has 1 aromatic rings. The van der Waals surface area contributed by atoms with E-state index in [1.165, 1.54) is 0 Å². The second-order valence-electron chi connectivity index (χ2n) is 6.46. The SMILES string of the molecule is COc1ccc(C)cc1N1C[C@@H](C(=O)NC[C@@H]2CCCO2)CC1=O. The number of amides is 2. The Bertz CT molecular complexity index is 625. The van der Waals surface area contributed by atoms with Gasteiger partial charge in [-0.25, -0.2) is 0 Å². The Balaban J connectivity index is 1.64. The highest BCUT2D eigenvalue weighted by Crippen LogP contribution is 2.33. The van der Waals surface area contributed by atoms with Crippen molar-refractivity contribution in [2.45, 2.75) is 32.3 Å². The smallest absolute Gasteiger partial charge is 0.227 e. The van der Waals surface area contributed by atoms with Crippen LogP contribution in [0.4, 0.5) is 5.69 Å². The summed E-state index contributed by atoms with van der Waals surface area (Å²) in [6.45, 7) is 3.64. The van der Waals surface area contributed by atoms with E-state index in [-0.39, 0.29) is 30.3 Å². The molecule has 1 aromatic carbocycles. The van der Waals surface area contributed by atoms with E-state index in [0.29, 0.717) is 18.8 Å². The summed E-state index contributed by atoms with van der Waals surface area (Å²) in [6, 6.07) is 5.71. The van der Waals surface area contributed by atoms with Gasteiger partial charge in [0.05, 0.1) is 24.8 Å². The lowest BCUT2D eigenvalue weighted by Gasteiger charge is -2.20. The molecule has 0 bridgehead atoms. The highest BCUT2D eigenvalue weighted by Gasteiger charge is 2.36. The quantitative estimate of drug-likeness (QED) is 0.890. The van der Waals surface area contributed by atoms with E-state index in [2.05, 4.69) is 5.32 Å². The molecular formula is C18H24N2O4. The minimum atomic E-state index is -0.330. The van der Waals surface area contributed by atoms with Gasteiger partial charge in [0, 0.05) is 26.1 Å². The van der Waals surface area contributed by atoms with Crippen molar-refractivity contribution in [2.24, 2.45) is 5.92 Å². The van der Waals surface area contributed by atoms with E-state index in [1.807, 2.05) is 25.1 Å². The number of hydrogen-bond donors (Lipinski definition) is 1. The van der Waals surface area contributed by atoms with Crippen molar-refractivity contribution in [1.82, 2.24) is 5.32 Å². The van der Waals surface area contributed by atoms with Crippen LogP contribution >= 0.6 is 0 Å². The number of carbonyl (C=O) groups is 2. The van der Waals surface area contributed by atoms with Gasteiger partial charge in [0.25, 0.3) is 0 Å². The fraction of sp³-hybridized carbons (Fsp3) is 0.556. The summed E-state index contributed by atoms with van der Waals surface area (Å²) < 4.78 is 10.9. The van der Waals surface area contributed by atoms with Gasteiger partial charge >= 0.3 is 0 Å². The molecule has 2 aliphatic rings. The molecule has 0 spiro atoms. The summed E-state index contributed by atoms with van der Waals surface area (Å²) in [5.41, 5.74) is 1.78. The third kappa shape index (κ3) is 3.53. The normalized spacial score (nSPS) is 23.6. The van der Waals surface area contributed by atoms with Crippen molar-refractivity contribution in [3.63, 3.8) is 0 Å². The molecule has 0 aliphatic carbocycles. The maximum atomic E-state index is 12.4. The maximum Gasteiger partial charge on any atom is 0.227 e. The van der Waals surface area contributed by atoms with Gasteiger partial charge in [-0.3, -0.25) is 9.59 Å². The summed E-state index contributed by atoms with van der Waals surface area (Å²) in [7, 11) is 1.58. The van der Waals surface area contributed by atoms with Crippen LogP contribution in [-0.2, 0) is 14.3 Å². The molecule has 1 N–H and O–H groups in total. The van der Waals surface area contributed by atoms with E-state index in [9.17, 15) is 9.59 Å². The first-order valence-electron chi connectivity index (χ1n) is 8.43. The molecule has 2 aliphatic heterocycles. The zero-order chi connectivity index (χ0) is 17.1. The number of nitrogens with one attached hydrogen (secondary N) is 1. The van der Waals surface area contributed by atoms with Crippen molar-refractivity contribution in [3.8, 4) is 5.75 Å². The first-order valence-corrected chi connectivity index (χ1v) is 8.43. The summed E-state index contributed by atoms with van der Waals surface area (Å²) in [6.07, 6.45) is 2.37. The lowest BCUT2D eigenvalue weighted by molar-refractivity contribution is -0.126. The zero-order valence-corrected chi connectivity index (χ0v) is 14.2. The van der Waals surface area contributed by atoms with Gasteiger partial charge in [0.1, 0.15) is 5.75 Å². The van der Waals surface area contributed by atoms with E-state index < -0.39 is 0 Å². The van der Waals surface area contributed by atoms with Crippen LogP contribution in [0.15, 0.2) is 18.2 Å². The van der Waals surface area contributed by atoms with Crippen molar-refractivity contribution in [1.29, 1.82) is 0 Å². The van der Waals surface area contributed by atoms with E-state index in [1.54, 1.807) is 12.0 Å². The molecule has 2 atom stereocenters. The average molecular weight is 332 g/mol. The Kier molecular flexibility index (Phi) is 5.04. The molecule has 3 rings (SSSR count). The number of aryl methyl sites for hydroxylation is 1. The lowest BCUT2D eigenvalue weighted by Crippen LogP contribution is -2.37. The van der Waals surface area contributed by atoms with Gasteiger partial charge < -0.3 is 19.7 Å². The Morgan fingerprint density at radius 3 is 3.00 bits per heavy atom. The standard InChI is InChI=1S/C18H24N2O4/c1-12-5-6-16(23-2)15(8-12)20-11-13(9-17(20)21)18(22)19-10-14-4-3-7-24-14/h5-6,8,13-14H,3-4,7,9-11H2,1-2H3,(H,19,22)/t13-,14-/m0/s1. The summed E-state index contributed by atoms with van der Waals surface area (Å²) in [5.74, 6) is 0.197. The molecule has 2 amide bonds. The molecule has 0 aromatic heterocycles. The molecular weight excluding hydrogens is 308 g/mol. The van der Waals surface area contributed by atoms with Crippen LogP contribution < -0.4 is 15.0 Å². The highest BCUT2D eigenvalue weighted by molar-refractivity contribution is 6.01. The number of nitrogens with zero attached hydrogens (tertiary/aromatic N) is 1. The number of anilines is 1. The van der Waals surface area contributed by atoms with Crippen LogP contribution in [0.1, 0.15) is 24.8 Å². The summed E-state index contributed by atoms with van der Waals surface area (Å²) in [5, 5.41) is 2.93. The molecule has 0 saturated carbocycles. The number of hydrogen-bond acceptors (Lipinski definition) is 4. The van der Waals surface area contributed by atoms with Crippen LogP contribution in [0.3, 0.4) is 0 Å². The van der Waals surface area contributed by atoms with E-state index in [0.717, 1.165) is 30.7 Å². The second-order valence-corrected chi connectivity index (χ2v) is 6.46. The zero-order valence-electron chi connectivity index (χ0n) is 14.2. The van der Waals surface area contributed by atoms with Gasteiger partial charge in [-0.1, -0.05) is 6.07 Å². The van der Waals surface area contributed by atoms with E-state index >= 15 is 0 Å². The molecule has 24 heavy (non-hydrogen) atoms. The predicted octanol–water partition coefficient (Wildman–Crippen LogP) is 1.65. The van der Waals surface area contributed by atoms with Gasteiger partial charge in [0.15, 0.2) is 0 Å². The van der Waals surface area contributed by atoms with Crippen molar-refractivity contribution in [3.05, 3.63) is 23.8 Å². The third-order valence-corrected chi connectivity index (χ3v) is 4.65. The molecule has 2 fully saturated rings. The minimum Gasteiger partial charge on any atom is -0.495 e. The van der Waals surface area contributed by atoms with Gasteiger partial charge in [0.2, 0.25) is 11.8 Å². The summed E-state index contributed by atoms with van der Waals surface area (Å²) >= 11 is 0. The van der Waals surface area contributed by atoms with Crippen LogP contribution in [-0.4, -0.2) is 44.7 Å². The molecule has 6 nitrogen and oxygen atoms in total. The Labute approximate surface area is 142 Å². The molecule has 0 unspecified atom stereocenters. The lowest BCUT2D eigenvalue weighted by atomic mass is 10.1. The van der Waals surface area contributed by atoms with Gasteiger partial charge in [-0.2, -0.15) is 0 Å². The number of rotatable bonds is 5. The topological polar surface area (TPSA) is 67.9 Å². The van der Waals surface area contributed by atoms with Crippen LogP contribution in [0.5, 0.6) is 5.75 Å². The first-order chi connectivity index (χ1) is 11.6. The fourth-order valence-corrected chi connectivity index (χ4v) is 3.29. The van der Waals surface area contributed by atoms with E-state index in [4.69, 9.17) is 9.47 Å². The van der Waals surface area contributed by atoms with Crippen LogP contribution in [0, 0.1) is 12.8 Å². The molecule has 130 valence electrons. The van der Waals surface area contributed by atoms with Crippen LogP contribution in [0.2, 0.25) is 0 Å². The van der Waals surface area contributed by atoms with Gasteiger partial charge in [-0.15, -0.1) is 0 Å². The fourth-order valence-electron chi connectivity index (χ4n) is 3.29. The van der Waals surface area contributed by atoms with Crippen molar-refractivity contribution in [2.75, 3.05) is 31.7 Å². The second kappa shape index (κ2) is 7.21. The monoisotopic (exact) mass is 332 g/mol. The Morgan fingerprint density at radius 1 is 1.46 bits per heavy atom. The van der Waals surface area contributed by atoms with Gasteiger partial charge in [-0.05, 0) is 37.5 Å². The molecule has 2 heterocycles. The van der Waals surface area contributed by atoms with Crippen LogP contribution in [0.25, 0.3) is 0 Å². The predicted molar refractivity (Wildman–Crippen MR) is 90.2 cm³/mol. The first kappa shape index (κ1) is 16.8. The largest absolute Gasteiger partial charge is 0.495 e. The summed E-state index contributed by atoms with van der Waals surface area (Å²) in [4.78, 5) is 26.4. The third-order valence-electron chi connectivity index (χ3n) is 4.65. The molecule has 0 radical (unpaired) electrons. The number of ether oxygens (including phenoxy) is 2. The molecule has 2 saturated heterocycles. The number of benzene rings is 1. The molecule has 6 heteroatoms. The average Bonchev–Trinajstić information content (AvgIpc) is 3.22.